The van der Waals surface area contributed by atoms with Crippen molar-refractivity contribution in [2.24, 2.45) is 0 Å². The van der Waals surface area contributed by atoms with Crippen molar-refractivity contribution in [2.75, 3.05) is 14.2 Å². The van der Waals surface area contributed by atoms with Gasteiger partial charge in [-0.3, -0.25) is 15.0 Å². The van der Waals surface area contributed by atoms with E-state index in [1.165, 1.54) is 32.8 Å². The molecule has 128 valence electrons. The number of nitrogens with one attached hydrogen (secondary N) is 1. The average molecular weight is 342 g/mol. The number of nitro benzene ring substituents is 1. The number of nitro groups is 1. The smallest absolute Gasteiger partial charge is 0.311 e. The third kappa shape index (κ3) is 3.94. The molecule has 2 aliphatic rings. The monoisotopic (exact) mass is 341 g/mol. The number of ether oxygens (including phenoxy) is 1. The Labute approximate surface area is 142 Å². The quantitative estimate of drug-likeness (QED) is 0.659. The minimum absolute atomic E-state index is 0. The van der Waals surface area contributed by atoms with Gasteiger partial charge in [-0.25, -0.2) is 0 Å². The van der Waals surface area contributed by atoms with Gasteiger partial charge in [0.15, 0.2) is 5.75 Å². The maximum Gasteiger partial charge on any atom is 0.311 e. The van der Waals surface area contributed by atoms with E-state index in [-0.39, 0.29) is 23.0 Å². The van der Waals surface area contributed by atoms with Crippen LogP contribution in [0.15, 0.2) is 18.2 Å². The molecule has 23 heavy (non-hydrogen) atoms. The first-order chi connectivity index (χ1) is 10.6. The number of rotatable bonds is 5. The number of piperidine rings is 1. The van der Waals surface area contributed by atoms with Crippen LogP contribution >= 0.6 is 12.4 Å². The molecule has 0 saturated carbocycles. The van der Waals surface area contributed by atoms with Gasteiger partial charge in [-0.1, -0.05) is 6.07 Å². The van der Waals surface area contributed by atoms with Crippen molar-refractivity contribution in [3.05, 3.63) is 33.9 Å². The summed E-state index contributed by atoms with van der Waals surface area (Å²) in [4.78, 5) is 13.1. The van der Waals surface area contributed by atoms with Crippen LogP contribution in [0.2, 0.25) is 0 Å². The van der Waals surface area contributed by atoms with Crippen LogP contribution in [-0.2, 0) is 6.54 Å². The second-order valence-corrected chi connectivity index (χ2v) is 6.44. The average Bonchev–Trinajstić information content (AvgIpc) is 2.85. The zero-order chi connectivity index (χ0) is 15.7. The molecule has 2 bridgehead atoms. The summed E-state index contributed by atoms with van der Waals surface area (Å²) >= 11 is 0. The Morgan fingerprint density at radius 3 is 2.57 bits per heavy atom. The number of fused-ring (bicyclic) bond motifs is 2. The van der Waals surface area contributed by atoms with Crippen molar-refractivity contribution in [3.63, 3.8) is 0 Å². The normalized spacial score (nSPS) is 26.0. The van der Waals surface area contributed by atoms with Crippen LogP contribution < -0.4 is 10.1 Å². The van der Waals surface area contributed by atoms with E-state index in [9.17, 15) is 10.1 Å². The van der Waals surface area contributed by atoms with Gasteiger partial charge in [-0.2, -0.15) is 0 Å². The largest absolute Gasteiger partial charge is 0.490 e. The summed E-state index contributed by atoms with van der Waals surface area (Å²) in [6, 6.07) is 7.09. The summed E-state index contributed by atoms with van der Waals surface area (Å²) in [5.74, 6) is 0.316. The van der Waals surface area contributed by atoms with Crippen molar-refractivity contribution in [3.8, 4) is 5.75 Å². The van der Waals surface area contributed by atoms with Crippen LogP contribution in [0.5, 0.6) is 5.75 Å². The predicted molar refractivity (Wildman–Crippen MR) is 91.3 cm³/mol. The Bertz CT molecular complexity index is 558. The molecule has 6 nitrogen and oxygen atoms in total. The molecule has 2 saturated heterocycles. The Balaban J connectivity index is 0.00000192. The van der Waals surface area contributed by atoms with Gasteiger partial charge >= 0.3 is 5.69 Å². The number of benzene rings is 1. The molecule has 2 aliphatic heterocycles. The van der Waals surface area contributed by atoms with Gasteiger partial charge < -0.3 is 10.1 Å². The highest BCUT2D eigenvalue weighted by molar-refractivity contribution is 5.85. The lowest BCUT2D eigenvalue weighted by Crippen LogP contribution is -2.46. The second-order valence-electron chi connectivity index (χ2n) is 6.44. The molecule has 0 spiro atoms. The van der Waals surface area contributed by atoms with E-state index < -0.39 is 0 Å². The van der Waals surface area contributed by atoms with E-state index in [0.717, 1.165) is 12.1 Å². The number of nitrogens with zero attached hydrogens (tertiary/aromatic N) is 2. The van der Waals surface area contributed by atoms with E-state index >= 15 is 0 Å². The molecule has 3 rings (SSSR count). The van der Waals surface area contributed by atoms with Crippen molar-refractivity contribution in [1.82, 2.24) is 10.2 Å². The molecule has 0 amide bonds. The van der Waals surface area contributed by atoms with Gasteiger partial charge in [-0.05, 0) is 44.4 Å². The SMILES string of the molecule is COc1ccc(CN(C)C2CC3CCC(C2)N3)cc1[N+](=O)[O-].Cl. The Kier molecular flexibility index (Phi) is 5.84. The van der Waals surface area contributed by atoms with Crippen LogP contribution in [0.1, 0.15) is 31.2 Å². The van der Waals surface area contributed by atoms with Gasteiger partial charge in [-0.15, -0.1) is 12.4 Å². The maximum absolute atomic E-state index is 11.1. The summed E-state index contributed by atoms with van der Waals surface area (Å²) in [5, 5.41) is 14.8. The topological polar surface area (TPSA) is 67.6 Å². The molecule has 0 aromatic heterocycles. The maximum atomic E-state index is 11.1. The molecule has 2 fully saturated rings. The zero-order valence-electron chi connectivity index (χ0n) is 13.5. The lowest BCUT2D eigenvalue weighted by molar-refractivity contribution is -0.385. The number of hydrogen-bond donors (Lipinski definition) is 1. The Morgan fingerprint density at radius 1 is 1.35 bits per heavy atom. The molecule has 0 aliphatic carbocycles. The summed E-state index contributed by atoms with van der Waals surface area (Å²) in [6.07, 6.45) is 4.91. The fraction of sp³-hybridized carbons (Fsp3) is 0.625. The van der Waals surface area contributed by atoms with Crippen LogP contribution in [-0.4, -0.2) is 42.1 Å². The van der Waals surface area contributed by atoms with Gasteiger partial charge in [0.05, 0.1) is 12.0 Å². The van der Waals surface area contributed by atoms with Gasteiger partial charge in [0.25, 0.3) is 0 Å². The number of methoxy groups -OCH3 is 1. The molecule has 1 aromatic carbocycles. The first-order valence-electron chi connectivity index (χ1n) is 7.84. The third-order valence-corrected chi connectivity index (χ3v) is 4.94. The molecule has 7 heteroatoms. The third-order valence-electron chi connectivity index (χ3n) is 4.94. The molecule has 2 heterocycles. The molecule has 2 unspecified atom stereocenters. The van der Waals surface area contributed by atoms with Gasteiger partial charge in [0.1, 0.15) is 0 Å². The first kappa shape index (κ1) is 18.0. The van der Waals surface area contributed by atoms with Crippen LogP contribution in [0.25, 0.3) is 0 Å². The lowest BCUT2D eigenvalue weighted by atomic mass is 9.98. The van der Waals surface area contributed by atoms with Crippen LogP contribution in [0, 0.1) is 10.1 Å². The van der Waals surface area contributed by atoms with Crippen LogP contribution in [0.3, 0.4) is 0 Å². The zero-order valence-corrected chi connectivity index (χ0v) is 14.3. The predicted octanol–water partition coefficient (Wildman–Crippen LogP) is 2.74. The first-order valence-corrected chi connectivity index (χ1v) is 7.84. The Hall–Kier alpha value is -1.37. The van der Waals surface area contributed by atoms with Gasteiger partial charge in [0.2, 0.25) is 0 Å². The van der Waals surface area contributed by atoms with E-state index in [0.29, 0.717) is 23.9 Å². The standard InChI is InChI=1S/C16H23N3O3.ClH/c1-18(14-8-12-4-5-13(9-14)17-12)10-11-3-6-16(22-2)15(7-11)19(20)21;/h3,6-7,12-14,17H,4-5,8-10H2,1-2H3;1H. The highest BCUT2D eigenvalue weighted by Gasteiger charge is 2.35. The second kappa shape index (κ2) is 7.47. The van der Waals surface area contributed by atoms with Crippen LogP contribution in [0.4, 0.5) is 5.69 Å². The fourth-order valence-electron chi connectivity index (χ4n) is 3.78. The molecular weight excluding hydrogens is 318 g/mol. The van der Waals surface area contributed by atoms with Crippen molar-refractivity contribution >= 4 is 18.1 Å². The van der Waals surface area contributed by atoms with E-state index in [2.05, 4.69) is 17.3 Å². The molecule has 1 aromatic rings. The summed E-state index contributed by atoms with van der Waals surface area (Å²) in [5.41, 5.74) is 1.000. The number of halogens is 1. The van der Waals surface area contributed by atoms with Gasteiger partial charge in [0, 0.05) is 30.7 Å². The summed E-state index contributed by atoms with van der Waals surface area (Å²) in [7, 11) is 3.57. The molecule has 1 N–H and O–H groups in total. The summed E-state index contributed by atoms with van der Waals surface area (Å²) in [6.45, 7) is 0.731. The van der Waals surface area contributed by atoms with E-state index in [4.69, 9.17) is 4.74 Å². The fourth-order valence-corrected chi connectivity index (χ4v) is 3.78. The van der Waals surface area contributed by atoms with E-state index in [1.54, 1.807) is 12.1 Å². The molecular formula is C16H24ClN3O3. The minimum atomic E-state index is -0.382. The minimum Gasteiger partial charge on any atom is -0.490 e. The van der Waals surface area contributed by atoms with E-state index in [1.807, 2.05) is 6.07 Å². The lowest BCUT2D eigenvalue weighted by Gasteiger charge is -2.35. The van der Waals surface area contributed by atoms with Crippen molar-refractivity contribution < 1.29 is 9.66 Å². The highest BCUT2D eigenvalue weighted by atomic mass is 35.5. The molecule has 2 atom stereocenters. The van der Waals surface area contributed by atoms with Crippen molar-refractivity contribution in [2.45, 2.75) is 50.4 Å². The molecule has 0 radical (unpaired) electrons. The van der Waals surface area contributed by atoms with Crippen molar-refractivity contribution in [1.29, 1.82) is 0 Å². The summed E-state index contributed by atoms with van der Waals surface area (Å²) < 4.78 is 5.06. The number of hydrogen-bond acceptors (Lipinski definition) is 5. The highest BCUT2D eigenvalue weighted by Crippen LogP contribution is 2.31. The Morgan fingerprint density at radius 2 is 2.00 bits per heavy atom.